The van der Waals surface area contributed by atoms with E-state index in [1.54, 1.807) is 0 Å². The van der Waals surface area contributed by atoms with Crippen molar-refractivity contribution in [1.82, 2.24) is 0 Å². The van der Waals surface area contributed by atoms with Crippen molar-refractivity contribution < 1.29 is 4.79 Å². The minimum atomic E-state index is 0.418. The normalized spacial score (nSPS) is 46.1. The van der Waals surface area contributed by atoms with E-state index in [0.29, 0.717) is 23.5 Å². The Hall–Kier alpha value is -0.590. The highest BCUT2D eigenvalue weighted by molar-refractivity contribution is 5.82. The van der Waals surface area contributed by atoms with Gasteiger partial charge in [0.05, 0.1) is 0 Å². The fourth-order valence-electron chi connectivity index (χ4n) is 3.82. The average Bonchev–Trinajstić information content (AvgIpc) is 2.44. The van der Waals surface area contributed by atoms with Gasteiger partial charge in [-0.15, -0.1) is 0 Å². The minimum Gasteiger partial charge on any atom is -0.299 e. The molecule has 14 heavy (non-hydrogen) atoms. The monoisotopic (exact) mass is 190 g/mol. The molecule has 0 radical (unpaired) electrons. The lowest BCUT2D eigenvalue weighted by Gasteiger charge is -2.43. The SMILES string of the molecule is O=C1CCCC[C@@H]2[C@H]1[C@@H]1C=C[C@H]2CC1. The van der Waals surface area contributed by atoms with Gasteiger partial charge in [-0.25, -0.2) is 0 Å². The van der Waals surface area contributed by atoms with Crippen molar-refractivity contribution in [3.05, 3.63) is 12.2 Å². The second kappa shape index (κ2) is 3.22. The van der Waals surface area contributed by atoms with Gasteiger partial charge < -0.3 is 0 Å². The number of carbonyl (C=O) groups is 1. The summed E-state index contributed by atoms with van der Waals surface area (Å²) in [5.74, 6) is 3.06. The first kappa shape index (κ1) is 8.70. The maximum absolute atomic E-state index is 12.0. The number of rotatable bonds is 0. The number of Topliss-reactive ketones (excluding diaryl/α,β-unsaturated/α-hetero) is 1. The fourth-order valence-corrected chi connectivity index (χ4v) is 3.82. The summed E-state index contributed by atoms with van der Waals surface area (Å²) in [5, 5.41) is 0. The quantitative estimate of drug-likeness (QED) is 0.537. The van der Waals surface area contributed by atoms with Crippen LogP contribution >= 0.6 is 0 Å². The van der Waals surface area contributed by atoms with Crippen molar-refractivity contribution >= 4 is 5.78 Å². The molecular weight excluding hydrogens is 172 g/mol. The Kier molecular flexibility index (Phi) is 2.00. The first-order chi connectivity index (χ1) is 6.86. The van der Waals surface area contributed by atoms with Crippen LogP contribution in [0.3, 0.4) is 0 Å². The number of ketones is 1. The van der Waals surface area contributed by atoms with Crippen LogP contribution in [0.1, 0.15) is 38.5 Å². The van der Waals surface area contributed by atoms with Gasteiger partial charge in [-0.2, -0.15) is 0 Å². The Bertz CT molecular complexity index is 279. The smallest absolute Gasteiger partial charge is 0.136 e. The average molecular weight is 190 g/mol. The van der Waals surface area contributed by atoms with E-state index in [1.165, 1.54) is 25.7 Å². The molecule has 4 rings (SSSR count). The van der Waals surface area contributed by atoms with E-state index in [1.807, 2.05) is 0 Å². The number of carbonyl (C=O) groups excluding carboxylic acids is 1. The Morgan fingerprint density at radius 3 is 2.57 bits per heavy atom. The van der Waals surface area contributed by atoms with Crippen LogP contribution in [0.15, 0.2) is 12.2 Å². The highest BCUT2D eigenvalue weighted by atomic mass is 16.1. The Morgan fingerprint density at radius 2 is 1.79 bits per heavy atom. The van der Waals surface area contributed by atoms with Gasteiger partial charge in [-0.3, -0.25) is 4.79 Å². The van der Waals surface area contributed by atoms with Gasteiger partial charge in [0, 0.05) is 12.3 Å². The van der Waals surface area contributed by atoms with Crippen molar-refractivity contribution in [3.8, 4) is 0 Å². The highest BCUT2D eigenvalue weighted by Crippen LogP contribution is 2.48. The summed E-state index contributed by atoms with van der Waals surface area (Å²) in [6.45, 7) is 0. The van der Waals surface area contributed by atoms with Gasteiger partial charge in [-0.05, 0) is 43.4 Å². The topological polar surface area (TPSA) is 17.1 Å². The zero-order valence-corrected chi connectivity index (χ0v) is 8.61. The van der Waals surface area contributed by atoms with Crippen LogP contribution < -0.4 is 0 Å². The summed E-state index contributed by atoms with van der Waals surface area (Å²) in [4.78, 5) is 12.0. The predicted molar refractivity (Wildman–Crippen MR) is 55.8 cm³/mol. The van der Waals surface area contributed by atoms with E-state index in [0.717, 1.165) is 18.8 Å². The van der Waals surface area contributed by atoms with Crippen LogP contribution in [-0.2, 0) is 4.79 Å². The molecular formula is C13H18O. The summed E-state index contributed by atoms with van der Waals surface area (Å²) in [7, 11) is 0. The first-order valence-electron chi connectivity index (χ1n) is 6.07. The molecule has 4 aliphatic rings. The molecule has 1 heteroatoms. The van der Waals surface area contributed by atoms with Gasteiger partial charge in [0.15, 0.2) is 0 Å². The zero-order valence-electron chi connectivity index (χ0n) is 8.61. The second-order valence-corrected chi connectivity index (χ2v) is 5.19. The molecule has 2 bridgehead atoms. The standard InChI is InChI=1S/C13H18O/c14-12-4-2-1-3-11-9-5-7-10(8-6-9)13(11)12/h5,7,9-11,13H,1-4,6,8H2/t9-,10+,11-,13+/m0/s1. The van der Waals surface area contributed by atoms with Gasteiger partial charge >= 0.3 is 0 Å². The molecule has 0 saturated heterocycles. The van der Waals surface area contributed by atoms with Crippen molar-refractivity contribution in [2.24, 2.45) is 23.7 Å². The number of hydrogen-bond donors (Lipinski definition) is 0. The van der Waals surface area contributed by atoms with E-state index in [2.05, 4.69) is 12.2 Å². The molecule has 0 spiro atoms. The van der Waals surface area contributed by atoms with E-state index < -0.39 is 0 Å². The molecule has 4 aliphatic carbocycles. The Labute approximate surface area is 85.6 Å². The summed E-state index contributed by atoms with van der Waals surface area (Å²) in [5.41, 5.74) is 0. The predicted octanol–water partition coefficient (Wildman–Crippen LogP) is 2.96. The molecule has 0 aliphatic heterocycles. The zero-order chi connectivity index (χ0) is 9.54. The molecule has 0 aromatic carbocycles. The minimum absolute atomic E-state index is 0.418. The molecule has 0 heterocycles. The lowest BCUT2D eigenvalue weighted by Crippen LogP contribution is -2.40. The molecule has 0 aromatic heterocycles. The molecule has 0 aromatic rings. The van der Waals surface area contributed by atoms with Gasteiger partial charge in [-0.1, -0.05) is 18.6 Å². The molecule has 2 fully saturated rings. The van der Waals surface area contributed by atoms with Crippen LogP contribution in [0.25, 0.3) is 0 Å². The number of allylic oxidation sites excluding steroid dienone is 2. The van der Waals surface area contributed by atoms with Crippen molar-refractivity contribution in [1.29, 1.82) is 0 Å². The molecule has 1 nitrogen and oxygen atoms in total. The largest absolute Gasteiger partial charge is 0.299 e. The molecule has 0 unspecified atom stereocenters. The third-order valence-electron chi connectivity index (χ3n) is 4.49. The summed E-state index contributed by atoms with van der Waals surface area (Å²) >= 11 is 0. The van der Waals surface area contributed by atoms with Crippen molar-refractivity contribution in [2.45, 2.75) is 38.5 Å². The summed E-state index contributed by atoms with van der Waals surface area (Å²) in [6.07, 6.45) is 11.9. The lowest BCUT2D eigenvalue weighted by atomic mass is 9.60. The third-order valence-corrected chi connectivity index (χ3v) is 4.49. The van der Waals surface area contributed by atoms with Gasteiger partial charge in [0.1, 0.15) is 5.78 Å². The Morgan fingerprint density at radius 1 is 1.00 bits per heavy atom. The number of hydrogen-bond acceptors (Lipinski definition) is 1. The van der Waals surface area contributed by atoms with Crippen LogP contribution in [0.4, 0.5) is 0 Å². The second-order valence-electron chi connectivity index (χ2n) is 5.19. The highest BCUT2D eigenvalue weighted by Gasteiger charge is 2.44. The van der Waals surface area contributed by atoms with Crippen LogP contribution in [-0.4, -0.2) is 5.78 Å². The Balaban J connectivity index is 1.94. The van der Waals surface area contributed by atoms with Crippen LogP contribution in [0, 0.1) is 23.7 Å². The van der Waals surface area contributed by atoms with E-state index >= 15 is 0 Å². The number of fused-ring (bicyclic) bond motifs is 1. The van der Waals surface area contributed by atoms with Gasteiger partial charge in [0.25, 0.3) is 0 Å². The maximum atomic E-state index is 12.0. The van der Waals surface area contributed by atoms with E-state index in [4.69, 9.17) is 0 Å². The van der Waals surface area contributed by atoms with Crippen molar-refractivity contribution in [3.63, 3.8) is 0 Å². The van der Waals surface area contributed by atoms with Crippen molar-refractivity contribution in [2.75, 3.05) is 0 Å². The van der Waals surface area contributed by atoms with E-state index in [-0.39, 0.29) is 0 Å². The van der Waals surface area contributed by atoms with Gasteiger partial charge in [0.2, 0.25) is 0 Å². The summed E-state index contributed by atoms with van der Waals surface area (Å²) in [6, 6.07) is 0. The molecule has 76 valence electrons. The maximum Gasteiger partial charge on any atom is 0.136 e. The molecule has 4 atom stereocenters. The molecule has 0 amide bonds. The first-order valence-corrected chi connectivity index (χ1v) is 6.07. The fraction of sp³-hybridized carbons (Fsp3) is 0.769. The third kappa shape index (κ3) is 1.18. The van der Waals surface area contributed by atoms with Crippen LogP contribution in [0.5, 0.6) is 0 Å². The van der Waals surface area contributed by atoms with Crippen LogP contribution in [0.2, 0.25) is 0 Å². The lowest BCUT2D eigenvalue weighted by molar-refractivity contribution is -0.127. The summed E-state index contributed by atoms with van der Waals surface area (Å²) < 4.78 is 0. The molecule has 0 N–H and O–H groups in total. The molecule has 2 saturated carbocycles. The van der Waals surface area contributed by atoms with E-state index in [9.17, 15) is 4.79 Å².